The number of carbonyl (C=O) groups excluding carboxylic acids is 2. The second-order valence-electron chi connectivity index (χ2n) is 6.58. The maximum atomic E-state index is 12.5. The predicted molar refractivity (Wildman–Crippen MR) is 127 cm³/mol. The second kappa shape index (κ2) is 11.1. The zero-order valence-electron chi connectivity index (χ0n) is 16.5. The minimum absolute atomic E-state index is 0. The van der Waals surface area contributed by atoms with Crippen LogP contribution in [0.5, 0.6) is 0 Å². The molecule has 2 heterocycles. The van der Waals surface area contributed by atoms with Gasteiger partial charge in [-0.05, 0) is 41.6 Å². The lowest BCUT2D eigenvalue weighted by molar-refractivity contribution is -0.123. The highest BCUT2D eigenvalue weighted by molar-refractivity contribution is 14.0. The van der Waals surface area contributed by atoms with Crippen LogP contribution in [-0.4, -0.2) is 49.4 Å². The average Bonchev–Trinajstić information content (AvgIpc) is 3.13. The maximum Gasteiger partial charge on any atom is 0.254 e. The molecule has 1 aliphatic rings. The first-order valence-electron chi connectivity index (χ1n) is 9.19. The van der Waals surface area contributed by atoms with Crippen molar-refractivity contribution in [1.29, 1.82) is 0 Å². The van der Waals surface area contributed by atoms with Gasteiger partial charge in [0.15, 0.2) is 5.96 Å². The fourth-order valence-electron chi connectivity index (χ4n) is 2.92. The van der Waals surface area contributed by atoms with Crippen molar-refractivity contribution >= 4 is 53.1 Å². The van der Waals surface area contributed by atoms with Gasteiger partial charge in [0.25, 0.3) is 5.91 Å². The Labute approximate surface area is 192 Å². The van der Waals surface area contributed by atoms with Gasteiger partial charge in [0.05, 0.1) is 13.1 Å². The Bertz CT molecular complexity index is 866. The number of benzene rings is 1. The summed E-state index contributed by atoms with van der Waals surface area (Å²) in [5.74, 6) is 0.502. The smallest absolute Gasteiger partial charge is 0.254 e. The summed E-state index contributed by atoms with van der Waals surface area (Å²) in [7, 11) is 1.74. The van der Waals surface area contributed by atoms with Gasteiger partial charge < -0.3 is 20.9 Å². The van der Waals surface area contributed by atoms with Gasteiger partial charge in [0.1, 0.15) is 0 Å². The Balaban J connectivity index is 0.00000300. The molecule has 9 heteroatoms. The third-order valence-corrected chi connectivity index (χ3v) is 5.62. The molecule has 2 aromatic rings. The monoisotopic (exact) mass is 527 g/mol. The molecule has 0 aliphatic carbocycles. The number of aryl methyl sites for hydroxylation is 1. The summed E-state index contributed by atoms with van der Waals surface area (Å²) in [6.45, 7) is 4.60. The minimum atomic E-state index is -0.114. The van der Waals surface area contributed by atoms with Crippen molar-refractivity contribution in [2.75, 3.05) is 26.7 Å². The number of aliphatic imine (C=N–C) groups is 1. The zero-order chi connectivity index (χ0) is 19.9. The summed E-state index contributed by atoms with van der Waals surface area (Å²) in [5.41, 5.74) is 2.91. The van der Waals surface area contributed by atoms with Gasteiger partial charge in [-0.2, -0.15) is 0 Å². The van der Waals surface area contributed by atoms with Crippen LogP contribution in [0.25, 0.3) is 0 Å². The molecule has 0 unspecified atom stereocenters. The molecule has 0 atom stereocenters. The molecule has 3 rings (SSSR count). The molecule has 1 aromatic heterocycles. The molecule has 1 aromatic carbocycles. The van der Waals surface area contributed by atoms with Crippen molar-refractivity contribution in [2.45, 2.75) is 20.0 Å². The summed E-state index contributed by atoms with van der Waals surface area (Å²) in [6, 6.07) is 9.55. The van der Waals surface area contributed by atoms with E-state index in [9.17, 15) is 9.59 Å². The van der Waals surface area contributed by atoms with Crippen molar-refractivity contribution < 1.29 is 9.59 Å². The quantitative estimate of drug-likeness (QED) is 0.316. The highest BCUT2D eigenvalue weighted by Gasteiger charge is 2.22. The molecule has 3 N–H and O–H groups in total. The molecule has 7 nitrogen and oxygen atoms in total. The lowest BCUT2D eigenvalue weighted by Crippen LogP contribution is -2.49. The van der Waals surface area contributed by atoms with Crippen molar-refractivity contribution in [2.24, 2.45) is 4.99 Å². The van der Waals surface area contributed by atoms with Gasteiger partial charge in [-0.25, -0.2) is 0 Å². The van der Waals surface area contributed by atoms with Gasteiger partial charge in [0, 0.05) is 37.1 Å². The van der Waals surface area contributed by atoms with Crippen LogP contribution in [0.1, 0.15) is 26.4 Å². The summed E-state index contributed by atoms with van der Waals surface area (Å²) in [5, 5.41) is 11.4. The first-order chi connectivity index (χ1) is 13.6. The fraction of sp³-hybridized carbons (Fsp3) is 0.350. The van der Waals surface area contributed by atoms with E-state index >= 15 is 0 Å². The number of hydrogen-bond donors (Lipinski definition) is 3. The molecule has 1 aliphatic heterocycles. The molecule has 0 spiro atoms. The number of piperazine rings is 1. The Hall–Kier alpha value is -2.14. The number of rotatable bonds is 5. The van der Waals surface area contributed by atoms with E-state index in [1.54, 1.807) is 35.4 Å². The van der Waals surface area contributed by atoms with E-state index in [4.69, 9.17) is 0 Å². The normalized spacial score (nSPS) is 14.1. The fourth-order valence-corrected chi connectivity index (χ4v) is 3.76. The standard InChI is InChI=1S/C20H25N5O2S.HI/c1-14-7-10-28-17(14)12-24-20(21-2)23-11-15-3-5-16(6-4-15)19(27)25-9-8-22-18(26)13-25;/h3-7,10H,8-9,11-13H2,1-2H3,(H,22,26)(H2,21,23,24);1H. The van der Waals surface area contributed by atoms with E-state index in [2.05, 4.69) is 39.3 Å². The second-order valence-corrected chi connectivity index (χ2v) is 7.58. The molecule has 0 radical (unpaired) electrons. The van der Waals surface area contributed by atoms with Crippen LogP contribution < -0.4 is 16.0 Å². The number of hydrogen-bond acceptors (Lipinski definition) is 4. The van der Waals surface area contributed by atoms with E-state index in [1.807, 2.05) is 12.1 Å². The largest absolute Gasteiger partial charge is 0.353 e. The van der Waals surface area contributed by atoms with Crippen LogP contribution in [0.3, 0.4) is 0 Å². The van der Waals surface area contributed by atoms with Crippen LogP contribution in [0.4, 0.5) is 0 Å². The third kappa shape index (κ3) is 6.43. The van der Waals surface area contributed by atoms with Crippen LogP contribution >= 0.6 is 35.3 Å². The summed E-state index contributed by atoms with van der Waals surface area (Å²) >= 11 is 1.73. The van der Waals surface area contributed by atoms with Crippen LogP contribution in [-0.2, 0) is 17.9 Å². The Morgan fingerprint density at radius 2 is 1.93 bits per heavy atom. The van der Waals surface area contributed by atoms with Crippen molar-refractivity contribution in [3.8, 4) is 0 Å². The molecule has 1 fully saturated rings. The summed E-state index contributed by atoms with van der Waals surface area (Å²) in [4.78, 5) is 31.1. The van der Waals surface area contributed by atoms with E-state index in [-0.39, 0.29) is 42.3 Å². The molecule has 29 heavy (non-hydrogen) atoms. The summed E-state index contributed by atoms with van der Waals surface area (Å²) in [6.07, 6.45) is 0. The average molecular weight is 527 g/mol. The number of nitrogens with zero attached hydrogens (tertiary/aromatic N) is 2. The topological polar surface area (TPSA) is 85.8 Å². The molecule has 0 saturated carbocycles. The number of thiophene rings is 1. The number of amides is 2. The van der Waals surface area contributed by atoms with Crippen molar-refractivity contribution in [3.05, 3.63) is 57.3 Å². The van der Waals surface area contributed by atoms with E-state index in [1.165, 1.54) is 10.4 Å². The van der Waals surface area contributed by atoms with Gasteiger partial charge in [-0.1, -0.05) is 12.1 Å². The van der Waals surface area contributed by atoms with Gasteiger partial charge in [-0.15, -0.1) is 35.3 Å². The number of carbonyl (C=O) groups is 2. The Kier molecular flexibility index (Phi) is 8.90. The lowest BCUT2D eigenvalue weighted by Gasteiger charge is -2.26. The molecular weight excluding hydrogens is 501 g/mol. The highest BCUT2D eigenvalue weighted by Crippen LogP contribution is 2.14. The van der Waals surface area contributed by atoms with Gasteiger partial charge >= 0.3 is 0 Å². The Morgan fingerprint density at radius 1 is 1.21 bits per heavy atom. The number of guanidine groups is 1. The third-order valence-electron chi connectivity index (χ3n) is 4.59. The molecule has 2 amide bonds. The number of halogens is 1. The van der Waals surface area contributed by atoms with E-state index in [0.717, 1.165) is 18.1 Å². The Morgan fingerprint density at radius 3 is 2.55 bits per heavy atom. The first kappa shape index (κ1) is 23.1. The molecule has 1 saturated heterocycles. The van der Waals surface area contributed by atoms with Crippen LogP contribution in [0, 0.1) is 6.92 Å². The minimum Gasteiger partial charge on any atom is -0.353 e. The summed E-state index contributed by atoms with van der Waals surface area (Å²) < 4.78 is 0. The van der Waals surface area contributed by atoms with E-state index < -0.39 is 0 Å². The van der Waals surface area contributed by atoms with Crippen molar-refractivity contribution in [3.63, 3.8) is 0 Å². The SMILES string of the molecule is CN=C(NCc1ccc(C(=O)N2CCNC(=O)C2)cc1)NCc1sccc1C.I. The molecule has 0 bridgehead atoms. The van der Waals surface area contributed by atoms with Crippen molar-refractivity contribution in [1.82, 2.24) is 20.9 Å². The number of nitrogens with one attached hydrogen (secondary N) is 3. The zero-order valence-corrected chi connectivity index (χ0v) is 19.7. The molecule has 156 valence electrons. The maximum absolute atomic E-state index is 12.5. The van der Waals surface area contributed by atoms with Gasteiger partial charge in [-0.3, -0.25) is 14.6 Å². The molecular formula is C20H26IN5O2S. The lowest BCUT2D eigenvalue weighted by atomic mass is 10.1. The highest BCUT2D eigenvalue weighted by atomic mass is 127. The predicted octanol–water partition coefficient (Wildman–Crippen LogP) is 2.11. The van der Waals surface area contributed by atoms with E-state index in [0.29, 0.717) is 25.2 Å². The first-order valence-corrected chi connectivity index (χ1v) is 10.1. The van der Waals surface area contributed by atoms with Crippen LogP contribution in [0.15, 0.2) is 40.7 Å². The van der Waals surface area contributed by atoms with Gasteiger partial charge in [0.2, 0.25) is 5.91 Å². The van der Waals surface area contributed by atoms with Crippen LogP contribution in [0.2, 0.25) is 0 Å².